The third kappa shape index (κ3) is 2.91. The summed E-state index contributed by atoms with van der Waals surface area (Å²) in [4.78, 5) is 14.6. The van der Waals surface area contributed by atoms with E-state index in [0.717, 1.165) is 31.6 Å². The minimum Gasteiger partial charge on any atom is -0.339 e. The highest BCUT2D eigenvalue weighted by molar-refractivity contribution is 5.83. The van der Waals surface area contributed by atoms with Gasteiger partial charge in [-0.2, -0.15) is 0 Å². The van der Waals surface area contributed by atoms with Crippen molar-refractivity contribution in [1.82, 2.24) is 10.2 Å². The molecule has 18 heavy (non-hydrogen) atoms. The zero-order valence-corrected chi connectivity index (χ0v) is 11.2. The third-order valence-electron chi connectivity index (χ3n) is 3.59. The molecule has 3 nitrogen and oxygen atoms in total. The van der Waals surface area contributed by atoms with Gasteiger partial charge in [-0.05, 0) is 18.9 Å². The van der Waals surface area contributed by atoms with Crippen LogP contribution in [0.3, 0.4) is 0 Å². The third-order valence-corrected chi connectivity index (χ3v) is 3.59. The van der Waals surface area contributed by atoms with Gasteiger partial charge in [-0.1, -0.05) is 37.3 Å². The number of nitrogens with one attached hydrogen (secondary N) is 1. The van der Waals surface area contributed by atoms with Crippen LogP contribution in [-0.2, 0) is 4.79 Å². The van der Waals surface area contributed by atoms with Crippen molar-refractivity contribution in [2.75, 3.05) is 19.6 Å². The van der Waals surface area contributed by atoms with Gasteiger partial charge in [0.25, 0.3) is 0 Å². The van der Waals surface area contributed by atoms with Crippen LogP contribution < -0.4 is 5.32 Å². The topological polar surface area (TPSA) is 32.3 Å². The molecule has 0 aliphatic carbocycles. The van der Waals surface area contributed by atoms with E-state index in [1.807, 2.05) is 23.1 Å². The molecule has 1 fully saturated rings. The second-order valence-corrected chi connectivity index (χ2v) is 5.01. The van der Waals surface area contributed by atoms with Gasteiger partial charge in [0.05, 0.1) is 5.92 Å². The minimum absolute atomic E-state index is 0.0106. The highest BCUT2D eigenvalue weighted by atomic mass is 16.2. The maximum Gasteiger partial charge on any atom is 0.230 e. The first-order valence-electron chi connectivity index (χ1n) is 6.79. The summed E-state index contributed by atoms with van der Waals surface area (Å²) in [7, 11) is 0. The standard InChI is InChI=1S/C15H22N2O/c1-3-14(13-7-5-4-6-8-13)15(18)17-10-9-16-12(2)11-17/h4-8,12,14,16H,3,9-11H2,1-2H3/t12-,14+/m0/s1. The van der Waals surface area contributed by atoms with Crippen LogP contribution in [-0.4, -0.2) is 36.5 Å². The smallest absolute Gasteiger partial charge is 0.230 e. The van der Waals surface area contributed by atoms with Crippen molar-refractivity contribution >= 4 is 5.91 Å². The first-order chi connectivity index (χ1) is 8.72. The van der Waals surface area contributed by atoms with Crippen molar-refractivity contribution in [2.45, 2.75) is 32.2 Å². The Bertz CT molecular complexity index is 391. The normalized spacial score (nSPS) is 21.7. The Morgan fingerprint density at radius 2 is 2.17 bits per heavy atom. The summed E-state index contributed by atoms with van der Waals surface area (Å²) < 4.78 is 0. The maximum atomic E-state index is 12.6. The van der Waals surface area contributed by atoms with Crippen molar-refractivity contribution in [3.05, 3.63) is 35.9 Å². The molecule has 0 spiro atoms. The second kappa shape index (κ2) is 6.01. The molecule has 1 amide bonds. The molecule has 1 aliphatic rings. The fraction of sp³-hybridized carbons (Fsp3) is 0.533. The van der Waals surface area contributed by atoms with Crippen LogP contribution in [0.1, 0.15) is 31.7 Å². The van der Waals surface area contributed by atoms with E-state index in [1.54, 1.807) is 0 Å². The fourth-order valence-corrected chi connectivity index (χ4v) is 2.59. The Labute approximate surface area is 109 Å². The van der Waals surface area contributed by atoms with E-state index in [-0.39, 0.29) is 11.8 Å². The molecule has 1 aromatic rings. The largest absolute Gasteiger partial charge is 0.339 e. The molecule has 1 aliphatic heterocycles. The van der Waals surface area contributed by atoms with Crippen LogP contribution in [0.5, 0.6) is 0 Å². The molecule has 0 bridgehead atoms. The van der Waals surface area contributed by atoms with Gasteiger partial charge in [-0.3, -0.25) is 4.79 Å². The van der Waals surface area contributed by atoms with Crippen LogP contribution in [0.25, 0.3) is 0 Å². The summed E-state index contributed by atoms with van der Waals surface area (Å²) in [6.45, 7) is 6.76. The summed E-state index contributed by atoms with van der Waals surface area (Å²) in [5, 5.41) is 3.37. The lowest BCUT2D eigenvalue weighted by molar-refractivity contribution is -0.134. The molecular weight excluding hydrogens is 224 g/mol. The van der Waals surface area contributed by atoms with Gasteiger partial charge in [0.1, 0.15) is 0 Å². The predicted octanol–water partition coefficient (Wildman–Crippen LogP) is 2.00. The van der Waals surface area contributed by atoms with Crippen LogP contribution in [0.2, 0.25) is 0 Å². The molecule has 0 aromatic heterocycles. The number of carbonyl (C=O) groups is 1. The average molecular weight is 246 g/mol. The zero-order valence-electron chi connectivity index (χ0n) is 11.2. The molecule has 3 heteroatoms. The van der Waals surface area contributed by atoms with Gasteiger partial charge in [0.15, 0.2) is 0 Å². The Morgan fingerprint density at radius 1 is 1.44 bits per heavy atom. The molecule has 98 valence electrons. The van der Waals surface area contributed by atoms with Crippen molar-refractivity contribution in [3.63, 3.8) is 0 Å². The van der Waals surface area contributed by atoms with Crippen LogP contribution in [0, 0.1) is 0 Å². The Morgan fingerprint density at radius 3 is 2.78 bits per heavy atom. The molecule has 0 unspecified atom stereocenters. The summed E-state index contributed by atoms with van der Waals surface area (Å²) in [5.74, 6) is 0.286. The molecule has 1 N–H and O–H groups in total. The fourth-order valence-electron chi connectivity index (χ4n) is 2.59. The van der Waals surface area contributed by atoms with Crippen molar-refractivity contribution in [1.29, 1.82) is 0 Å². The van der Waals surface area contributed by atoms with Crippen molar-refractivity contribution < 1.29 is 4.79 Å². The lowest BCUT2D eigenvalue weighted by Gasteiger charge is -2.34. The van der Waals surface area contributed by atoms with E-state index in [2.05, 4.69) is 31.3 Å². The molecule has 0 saturated carbocycles. The van der Waals surface area contributed by atoms with Crippen molar-refractivity contribution in [2.24, 2.45) is 0 Å². The van der Waals surface area contributed by atoms with Crippen molar-refractivity contribution in [3.8, 4) is 0 Å². The highest BCUT2D eigenvalue weighted by Gasteiger charge is 2.27. The van der Waals surface area contributed by atoms with Gasteiger partial charge in [0.2, 0.25) is 5.91 Å². The summed E-state index contributed by atoms with van der Waals surface area (Å²) >= 11 is 0. The SMILES string of the molecule is CC[C@@H](C(=O)N1CCN[C@@H](C)C1)c1ccccc1. The van der Waals surface area contributed by atoms with Crippen LogP contribution in [0.4, 0.5) is 0 Å². The number of amides is 1. The molecule has 1 aromatic carbocycles. The quantitative estimate of drug-likeness (QED) is 0.884. The van der Waals surface area contributed by atoms with Crippen LogP contribution in [0.15, 0.2) is 30.3 Å². The lowest BCUT2D eigenvalue weighted by Crippen LogP contribution is -2.52. The van der Waals surface area contributed by atoms with Gasteiger partial charge < -0.3 is 10.2 Å². The molecule has 1 saturated heterocycles. The highest BCUT2D eigenvalue weighted by Crippen LogP contribution is 2.22. The summed E-state index contributed by atoms with van der Waals surface area (Å²) in [5.41, 5.74) is 1.14. The molecule has 1 heterocycles. The lowest BCUT2D eigenvalue weighted by atomic mass is 9.94. The number of rotatable bonds is 3. The van der Waals surface area contributed by atoms with E-state index >= 15 is 0 Å². The van der Waals surface area contributed by atoms with Gasteiger partial charge in [-0.25, -0.2) is 0 Å². The number of hydrogen-bond acceptors (Lipinski definition) is 2. The second-order valence-electron chi connectivity index (χ2n) is 5.01. The zero-order chi connectivity index (χ0) is 13.0. The van der Waals surface area contributed by atoms with Crippen LogP contribution >= 0.6 is 0 Å². The van der Waals surface area contributed by atoms with Gasteiger partial charge in [0, 0.05) is 25.7 Å². The molecule has 0 radical (unpaired) electrons. The molecule has 2 rings (SSSR count). The number of nitrogens with zero attached hydrogens (tertiary/aromatic N) is 1. The minimum atomic E-state index is 0.0106. The van der Waals surface area contributed by atoms with Gasteiger partial charge >= 0.3 is 0 Å². The summed E-state index contributed by atoms with van der Waals surface area (Å²) in [6, 6.07) is 10.5. The number of benzene rings is 1. The Kier molecular flexibility index (Phi) is 4.37. The summed E-state index contributed by atoms with van der Waals surface area (Å²) in [6.07, 6.45) is 0.862. The number of piperazine rings is 1. The molecule has 2 atom stereocenters. The predicted molar refractivity (Wildman–Crippen MR) is 73.5 cm³/mol. The monoisotopic (exact) mass is 246 g/mol. The van der Waals surface area contributed by atoms with E-state index in [4.69, 9.17) is 0 Å². The Balaban J connectivity index is 2.10. The first-order valence-corrected chi connectivity index (χ1v) is 6.79. The van der Waals surface area contributed by atoms with E-state index in [1.165, 1.54) is 0 Å². The van der Waals surface area contributed by atoms with E-state index < -0.39 is 0 Å². The average Bonchev–Trinajstić information content (AvgIpc) is 2.41. The first kappa shape index (κ1) is 13.1. The maximum absolute atomic E-state index is 12.6. The van der Waals surface area contributed by atoms with E-state index in [9.17, 15) is 4.79 Å². The number of hydrogen-bond donors (Lipinski definition) is 1. The van der Waals surface area contributed by atoms with E-state index in [0.29, 0.717) is 6.04 Å². The Hall–Kier alpha value is -1.35. The molecular formula is C15H22N2O. The number of carbonyl (C=O) groups excluding carboxylic acids is 1. The van der Waals surface area contributed by atoms with Gasteiger partial charge in [-0.15, -0.1) is 0 Å².